The summed E-state index contributed by atoms with van der Waals surface area (Å²) in [5.41, 5.74) is 4.20. The Morgan fingerprint density at radius 2 is 1.58 bits per heavy atom. The number of nitrogens with one attached hydrogen (secondary N) is 1. The summed E-state index contributed by atoms with van der Waals surface area (Å²) in [5.74, 6) is -0.0238. The molecule has 1 rings (SSSR count). The number of benzene rings is 1. The zero-order valence-electron chi connectivity index (χ0n) is 15.1. The third-order valence-electron chi connectivity index (χ3n) is 4.12. The number of carbonyl (C=O) groups is 1. The molecule has 1 amide bonds. The van der Waals surface area contributed by atoms with Crippen molar-refractivity contribution in [3.8, 4) is 0 Å². The molecule has 0 bridgehead atoms. The monoisotopic (exact) mass is 350 g/mol. The third-order valence-corrected chi connectivity index (χ3v) is 4.45. The van der Waals surface area contributed by atoms with Crippen LogP contribution in [-0.2, 0) is 4.79 Å². The van der Waals surface area contributed by atoms with Gasteiger partial charge in [-0.3, -0.25) is 4.79 Å². The molecule has 24 heavy (non-hydrogen) atoms. The number of hydrazone groups is 1. The first-order valence-corrected chi connectivity index (χ1v) is 9.61. The molecule has 1 aromatic rings. The highest BCUT2D eigenvalue weighted by Crippen LogP contribution is 2.15. The first-order chi connectivity index (χ1) is 11.6. The normalized spacial score (nSPS) is 11.5. The molecule has 0 aromatic heterocycles. The molecule has 0 unspecified atom stereocenters. The van der Waals surface area contributed by atoms with Crippen LogP contribution < -0.4 is 5.43 Å². The number of halogens is 1. The van der Waals surface area contributed by atoms with E-state index in [0.717, 1.165) is 24.1 Å². The second-order valence-corrected chi connectivity index (χ2v) is 6.70. The lowest BCUT2D eigenvalue weighted by Gasteiger charge is -2.05. The molecule has 0 aliphatic rings. The molecule has 4 heteroatoms. The van der Waals surface area contributed by atoms with Gasteiger partial charge in [-0.1, -0.05) is 88.1 Å². The predicted octanol–water partition coefficient (Wildman–Crippen LogP) is 6.10. The van der Waals surface area contributed by atoms with E-state index in [1.165, 1.54) is 44.9 Å². The predicted molar refractivity (Wildman–Crippen MR) is 104 cm³/mol. The van der Waals surface area contributed by atoms with Gasteiger partial charge in [-0.05, 0) is 19.4 Å². The summed E-state index contributed by atoms with van der Waals surface area (Å²) < 4.78 is 0. The molecule has 0 radical (unpaired) electrons. The lowest BCUT2D eigenvalue weighted by atomic mass is 10.1. The van der Waals surface area contributed by atoms with Gasteiger partial charge >= 0.3 is 0 Å². The maximum Gasteiger partial charge on any atom is 0.240 e. The number of hydrogen-bond acceptors (Lipinski definition) is 2. The number of unbranched alkanes of at least 4 members (excludes halogenated alkanes) is 8. The van der Waals surface area contributed by atoms with E-state index in [2.05, 4.69) is 17.5 Å². The van der Waals surface area contributed by atoms with Crippen LogP contribution in [0.4, 0.5) is 0 Å². The Hall–Kier alpha value is -1.35. The van der Waals surface area contributed by atoms with Gasteiger partial charge in [-0.15, -0.1) is 0 Å². The van der Waals surface area contributed by atoms with E-state index in [1.54, 1.807) is 0 Å². The second kappa shape index (κ2) is 13.0. The van der Waals surface area contributed by atoms with E-state index in [-0.39, 0.29) is 5.91 Å². The quantitative estimate of drug-likeness (QED) is 0.276. The summed E-state index contributed by atoms with van der Waals surface area (Å²) in [4.78, 5) is 11.8. The fourth-order valence-corrected chi connectivity index (χ4v) is 2.89. The summed E-state index contributed by atoms with van der Waals surface area (Å²) in [6.07, 6.45) is 11.8. The largest absolute Gasteiger partial charge is 0.273 e. The highest BCUT2D eigenvalue weighted by Gasteiger charge is 2.04. The average Bonchev–Trinajstić information content (AvgIpc) is 2.58. The molecule has 0 aliphatic heterocycles. The van der Waals surface area contributed by atoms with E-state index < -0.39 is 0 Å². The van der Waals surface area contributed by atoms with Crippen molar-refractivity contribution in [3.63, 3.8) is 0 Å². The van der Waals surface area contributed by atoms with Crippen molar-refractivity contribution in [3.05, 3.63) is 34.9 Å². The molecule has 0 heterocycles. The minimum Gasteiger partial charge on any atom is -0.273 e. The average molecular weight is 351 g/mol. The topological polar surface area (TPSA) is 41.5 Å². The Morgan fingerprint density at radius 1 is 1.00 bits per heavy atom. The van der Waals surface area contributed by atoms with Crippen LogP contribution >= 0.6 is 11.6 Å². The SMILES string of the molecule is CCCCCCCCCCCC(=O)N/N=C(\C)c1ccccc1Cl. The molecule has 0 aliphatic carbocycles. The maximum atomic E-state index is 11.8. The van der Waals surface area contributed by atoms with Crippen molar-refractivity contribution in [2.45, 2.75) is 78.1 Å². The van der Waals surface area contributed by atoms with Gasteiger partial charge in [0.1, 0.15) is 0 Å². The Bertz CT molecular complexity index is 514. The number of hydrogen-bond donors (Lipinski definition) is 1. The number of nitrogens with zero attached hydrogens (tertiary/aromatic N) is 1. The van der Waals surface area contributed by atoms with Crippen LogP contribution in [0.1, 0.15) is 83.6 Å². The van der Waals surface area contributed by atoms with Crippen LogP contribution in [-0.4, -0.2) is 11.6 Å². The second-order valence-electron chi connectivity index (χ2n) is 6.29. The summed E-state index contributed by atoms with van der Waals surface area (Å²) in [6, 6.07) is 7.50. The van der Waals surface area contributed by atoms with Gasteiger partial charge in [0, 0.05) is 17.0 Å². The Balaban J connectivity index is 2.12. The smallest absolute Gasteiger partial charge is 0.240 e. The minimum absolute atomic E-state index is 0.0238. The maximum absolute atomic E-state index is 11.8. The van der Waals surface area contributed by atoms with Crippen LogP contribution in [0.25, 0.3) is 0 Å². The van der Waals surface area contributed by atoms with E-state index in [0.29, 0.717) is 11.4 Å². The lowest BCUT2D eigenvalue weighted by molar-refractivity contribution is -0.121. The highest BCUT2D eigenvalue weighted by molar-refractivity contribution is 6.34. The fraction of sp³-hybridized carbons (Fsp3) is 0.600. The molecular weight excluding hydrogens is 320 g/mol. The van der Waals surface area contributed by atoms with Crippen LogP contribution in [0, 0.1) is 0 Å². The van der Waals surface area contributed by atoms with Crippen LogP contribution in [0.15, 0.2) is 29.4 Å². The Labute approximate surface area is 151 Å². The number of amides is 1. The van der Waals surface area contributed by atoms with Gasteiger partial charge in [0.2, 0.25) is 5.91 Å². The van der Waals surface area contributed by atoms with Gasteiger partial charge in [-0.2, -0.15) is 5.10 Å². The first-order valence-electron chi connectivity index (χ1n) is 9.23. The number of rotatable bonds is 12. The molecule has 1 aromatic carbocycles. The third kappa shape index (κ3) is 9.07. The van der Waals surface area contributed by atoms with Gasteiger partial charge < -0.3 is 0 Å². The van der Waals surface area contributed by atoms with Crippen molar-refractivity contribution in [1.82, 2.24) is 5.43 Å². The first kappa shape index (κ1) is 20.7. The lowest BCUT2D eigenvalue weighted by Crippen LogP contribution is -2.18. The van der Waals surface area contributed by atoms with Crippen molar-refractivity contribution >= 4 is 23.2 Å². The fourth-order valence-electron chi connectivity index (χ4n) is 2.61. The standard InChI is InChI=1S/C20H31ClN2O/c1-3-4-5-6-7-8-9-10-11-16-20(24)23-22-17(2)18-14-12-13-15-19(18)21/h12-15H,3-11,16H2,1-2H3,(H,23,24)/b22-17+. The van der Waals surface area contributed by atoms with E-state index in [4.69, 9.17) is 11.6 Å². The Kier molecular flexibility index (Phi) is 11.2. The van der Waals surface area contributed by atoms with Crippen molar-refractivity contribution in [2.24, 2.45) is 5.10 Å². The van der Waals surface area contributed by atoms with Crippen molar-refractivity contribution < 1.29 is 4.79 Å². The van der Waals surface area contributed by atoms with E-state index >= 15 is 0 Å². The van der Waals surface area contributed by atoms with Gasteiger partial charge in [0.05, 0.1) is 5.71 Å². The molecule has 0 saturated heterocycles. The zero-order chi connectivity index (χ0) is 17.6. The van der Waals surface area contributed by atoms with Gasteiger partial charge in [0.25, 0.3) is 0 Å². The molecule has 134 valence electrons. The van der Waals surface area contributed by atoms with E-state index in [1.807, 2.05) is 31.2 Å². The minimum atomic E-state index is -0.0238. The summed E-state index contributed by atoms with van der Waals surface area (Å²) >= 11 is 6.11. The van der Waals surface area contributed by atoms with Crippen LogP contribution in [0.5, 0.6) is 0 Å². The highest BCUT2D eigenvalue weighted by atomic mass is 35.5. The molecule has 0 atom stereocenters. The molecule has 0 spiro atoms. The summed E-state index contributed by atoms with van der Waals surface area (Å²) in [5, 5.41) is 4.79. The van der Waals surface area contributed by atoms with Crippen LogP contribution in [0.3, 0.4) is 0 Å². The van der Waals surface area contributed by atoms with Crippen molar-refractivity contribution in [2.75, 3.05) is 0 Å². The Morgan fingerprint density at radius 3 is 2.21 bits per heavy atom. The van der Waals surface area contributed by atoms with Crippen molar-refractivity contribution in [1.29, 1.82) is 0 Å². The molecule has 1 N–H and O–H groups in total. The molecule has 0 saturated carbocycles. The number of carbonyl (C=O) groups excluding carboxylic acids is 1. The van der Waals surface area contributed by atoms with Gasteiger partial charge in [0.15, 0.2) is 0 Å². The van der Waals surface area contributed by atoms with Gasteiger partial charge in [-0.25, -0.2) is 5.43 Å². The molecule has 3 nitrogen and oxygen atoms in total. The summed E-state index contributed by atoms with van der Waals surface area (Å²) in [6.45, 7) is 4.09. The molecular formula is C20H31ClN2O. The van der Waals surface area contributed by atoms with E-state index in [9.17, 15) is 4.79 Å². The summed E-state index contributed by atoms with van der Waals surface area (Å²) in [7, 11) is 0. The molecule has 0 fully saturated rings. The van der Waals surface area contributed by atoms with Crippen LogP contribution in [0.2, 0.25) is 5.02 Å². The zero-order valence-corrected chi connectivity index (χ0v) is 15.9.